The van der Waals surface area contributed by atoms with E-state index in [0.717, 1.165) is 0 Å². The van der Waals surface area contributed by atoms with Gasteiger partial charge in [-0.2, -0.15) is 0 Å². The number of hydrogen-bond donors (Lipinski definition) is 0. The van der Waals surface area contributed by atoms with E-state index >= 15 is 0 Å². The predicted octanol–water partition coefficient (Wildman–Crippen LogP) is 3.90. The largest absolute Gasteiger partial charge is 0.367 e. The second-order valence-electron chi connectivity index (χ2n) is 6.15. The molecule has 0 N–H and O–H groups in total. The van der Waals surface area contributed by atoms with Gasteiger partial charge in [-0.25, -0.2) is 0 Å². The number of ether oxygens (including phenoxy) is 1. The van der Waals surface area contributed by atoms with Gasteiger partial charge in [0.15, 0.2) is 0 Å². The lowest BCUT2D eigenvalue weighted by Crippen LogP contribution is -2.45. The molecule has 1 aliphatic heterocycles. The third-order valence-corrected chi connectivity index (χ3v) is 4.66. The van der Waals surface area contributed by atoms with Crippen LogP contribution in [0.4, 0.5) is 0 Å². The molecule has 1 aliphatic carbocycles. The summed E-state index contributed by atoms with van der Waals surface area (Å²) in [4.78, 5) is 4.11. The zero-order valence-corrected chi connectivity index (χ0v) is 11.4. The van der Waals surface area contributed by atoms with Crippen LogP contribution in [-0.2, 0) is 4.74 Å². The van der Waals surface area contributed by atoms with Crippen molar-refractivity contribution in [1.82, 2.24) is 4.98 Å². The van der Waals surface area contributed by atoms with E-state index in [1.165, 1.54) is 24.0 Å². The summed E-state index contributed by atoms with van der Waals surface area (Å²) in [5.41, 5.74) is 2.72. The fourth-order valence-corrected chi connectivity index (χ4v) is 3.36. The number of pyridine rings is 1. The molecule has 0 saturated carbocycles. The van der Waals surface area contributed by atoms with Crippen molar-refractivity contribution in [2.45, 2.75) is 45.3 Å². The zero-order chi connectivity index (χ0) is 12.8. The van der Waals surface area contributed by atoms with Crippen molar-refractivity contribution in [3.63, 3.8) is 0 Å². The number of fused-ring (bicyclic) bond motifs is 2. The van der Waals surface area contributed by atoms with E-state index in [1.807, 2.05) is 12.4 Å². The van der Waals surface area contributed by atoms with E-state index in [0.29, 0.717) is 11.8 Å². The number of nitrogens with zero attached hydrogens (tertiary/aromatic N) is 1. The molecular formula is C16H21NO. The van der Waals surface area contributed by atoms with Crippen LogP contribution >= 0.6 is 0 Å². The summed E-state index contributed by atoms with van der Waals surface area (Å²) >= 11 is 0. The van der Waals surface area contributed by atoms with Crippen molar-refractivity contribution < 1.29 is 4.74 Å². The van der Waals surface area contributed by atoms with Crippen LogP contribution in [0.15, 0.2) is 36.2 Å². The highest BCUT2D eigenvalue weighted by Crippen LogP contribution is 2.50. The first kappa shape index (κ1) is 11.9. The summed E-state index contributed by atoms with van der Waals surface area (Å²) in [6.45, 7) is 6.71. The van der Waals surface area contributed by atoms with Crippen molar-refractivity contribution in [2.24, 2.45) is 11.8 Å². The summed E-state index contributed by atoms with van der Waals surface area (Å²) in [7, 11) is 0. The molecule has 0 radical (unpaired) electrons. The Hall–Kier alpha value is -1.15. The van der Waals surface area contributed by atoms with Gasteiger partial charge < -0.3 is 4.74 Å². The fraction of sp³-hybridized carbons (Fsp3) is 0.562. The average Bonchev–Trinajstić information content (AvgIpc) is 2.37. The van der Waals surface area contributed by atoms with Crippen LogP contribution in [0.25, 0.3) is 0 Å². The Labute approximate surface area is 109 Å². The van der Waals surface area contributed by atoms with Gasteiger partial charge in [-0.05, 0) is 57.2 Å². The second-order valence-corrected chi connectivity index (χ2v) is 6.15. The third kappa shape index (κ3) is 1.89. The quantitative estimate of drug-likeness (QED) is 0.698. The third-order valence-electron chi connectivity index (χ3n) is 4.66. The van der Waals surface area contributed by atoms with E-state index in [4.69, 9.17) is 4.74 Å². The SMILES string of the molecule is CC1=CCC2CC1C(c1ccncc1)OC2(C)C. The first-order chi connectivity index (χ1) is 8.58. The molecule has 3 rings (SSSR count). The van der Waals surface area contributed by atoms with Gasteiger partial charge in [-0.1, -0.05) is 11.6 Å². The van der Waals surface area contributed by atoms with Crippen LogP contribution in [0.1, 0.15) is 45.3 Å². The molecular weight excluding hydrogens is 222 g/mol. The van der Waals surface area contributed by atoms with Crippen LogP contribution in [-0.4, -0.2) is 10.6 Å². The molecule has 0 amide bonds. The van der Waals surface area contributed by atoms with Crippen LogP contribution in [0.2, 0.25) is 0 Å². The van der Waals surface area contributed by atoms with E-state index in [2.05, 4.69) is 44.0 Å². The van der Waals surface area contributed by atoms with Crippen molar-refractivity contribution in [2.75, 3.05) is 0 Å². The number of hydrogen-bond acceptors (Lipinski definition) is 2. The van der Waals surface area contributed by atoms with Gasteiger partial charge in [0.1, 0.15) is 0 Å². The van der Waals surface area contributed by atoms with Gasteiger partial charge in [0.05, 0.1) is 11.7 Å². The lowest BCUT2D eigenvalue weighted by molar-refractivity contribution is -0.166. The molecule has 1 fully saturated rings. The van der Waals surface area contributed by atoms with E-state index in [-0.39, 0.29) is 11.7 Å². The van der Waals surface area contributed by atoms with Gasteiger partial charge in [0, 0.05) is 18.3 Å². The Morgan fingerprint density at radius 3 is 2.72 bits per heavy atom. The van der Waals surface area contributed by atoms with Gasteiger partial charge in [0.2, 0.25) is 0 Å². The Morgan fingerprint density at radius 2 is 2.00 bits per heavy atom. The number of allylic oxidation sites excluding steroid dienone is 1. The minimum atomic E-state index is -0.0262. The van der Waals surface area contributed by atoms with Gasteiger partial charge in [-0.3, -0.25) is 4.98 Å². The number of rotatable bonds is 1. The van der Waals surface area contributed by atoms with Crippen LogP contribution in [0.3, 0.4) is 0 Å². The molecule has 3 unspecified atom stereocenters. The molecule has 18 heavy (non-hydrogen) atoms. The minimum Gasteiger partial charge on any atom is -0.367 e. The van der Waals surface area contributed by atoms with Gasteiger partial charge >= 0.3 is 0 Å². The maximum atomic E-state index is 6.43. The Kier molecular flexibility index (Phi) is 2.78. The summed E-state index contributed by atoms with van der Waals surface area (Å²) in [6, 6.07) is 4.17. The standard InChI is InChI=1S/C16H21NO/c1-11-4-5-13-10-14(11)15(18-16(13,2)3)12-6-8-17-9-7-12/h4,6-9,13-15H,5,10H2,1-3H3. The van der Waals surface area contributed by atoms with Crippen LogP contribution in [0.5, 0.6) is 0 Å². The van der Waals surface area contributed by atoms with Gasteiger partial charge in [-0.15, -0.1) is 0 Å². The van der Waals surface area contributed by atoms with Crippen molar-refractivity contribution >= 4 is 0 Å². The zero-order valence-electron chi connectivity index (χ0n) is 11.4. The second kappa shape index (κ2) is 4.20. The Morgan fingerprint density at radius 1 is 1.28 bits per heavy atom. The lowest BCUT2D eigenvalue weighted by atomic mass is 9.69. The number of aromatic nitrogens is 1. The highest BCUT2D eigenvalue weighted by molar-refractivity contribution is 5.23. The molecule has 0 spiro atoms. The topological polar surface area (TPSA) is 22.1 Å². The first-order valence-electron chi connectivity index (χ1n) is 6.82. The normalized spacial score (nSPS) is 33.9. The van der Waals surface area contributed by atoms with E-state index in [1.54, 1.807) is 0 Å². The molecule has 1 aromatic heterocycles. The lowest BCUT2D eigenvalue weighted by Gasteiger charge is -2.49. The molecule has 2 bridgehead atoms. The maximum Gasteiger partial charge on any atom is 0.0898 e. The molecule has 2 heteroatoms. The van der Waals surface area contributed by atoms with E-state index in [9.17, 15) is 0 Å². The highest BCUT2D eigenvalue weighted by Gasteiger charge is 2.45. The Balaban J connectivity index is 1.99. The summed E-state index contributed by atoms with van der Waals surface area (Å²) in [5, 5.41) is 0. The summed E-state index contributed by atoms with van der Waals surface area (Å²) < 4.78 is 6.43. The van der Waals surface area contributed by atoms with Crippen LogP contribution in [0, 0.1) is 11.8 Å². The predicted molar refractivity (Wildman–Crippen MR) is 72.1 cm³/mol. The smallest absolute Gasteiger partial charge is 0.0898 e. The van der Waals surface area contributed by atoms with Gasteiger partial charge in [0.25, 0.3) is 0 Å². The molecule has 3 atom stereocenters. The fourth-order valence-electron chi connectivity index (χ4n) is 3.36. The maximum absolute atomic E-state index is 6.43. The van der Waals surface area contributed by atoms with E-state index < -0.39 is 0 Å². The van der Waals surface area contributed by atoms with Crippen molar-refractivity contribution in [1.29, 1.82) is 0 Å². The summed E-state index contributed by atoms with van der Waals surface area (Å²) in [5.74, 6) is 1.20. The molecule has 96 valence electrons. The monoisotopic (exact) mass is 243 g/mol. The molecule has 2 aliphatic rings. The summed E-state index contributed by atoms with van der Waals surface area (Å²) in [6.07, 6.45) is 8.74. The van der Waals surface area contributed by atoms with Crippen molar-refractivity contribution in [3.05, 3.63) is 41.7 Å². The average molecular weight is 243 g/mol. The first-order valence-corrected chi connectivity index (χ1v) is 6.82. The Bertz CT molecular complexity index is 463. The minimum absolute atomic E-state index is 0.0262. The molecule has 1 saturated heterocycles. The molecule has 2 nitrogen and oxygen atoms in total. The molecule has 1 aromatic rings. The van der Waals surface area contributed by atoms with Crippen molar-refractivity contribution in [3.8, 4) is 0 Å². The van der Waals surface area contributed by atoms with Crippen LogP contribution < -0.4 is 0 Å². The highest BCUT2D eigenvalue weighted by atomic mass is 16.5. The molecule has 2 heterocycles. The molecule has 0 aromatic carbocycles.